The summed E-state index contributed by atoms with van der Waals surface area (Å²) in [6, 6.07) is 8.66. The minimum Gasteiger partial charge on any atom is -0.380 e. The molecular weight excluding hydrogens is 186 g/mol. The molecule has 15 heavy (non-hydrogen) atoms. The largest absolute Gasteiger partial charge is 0.380 e. The fourth-order valence-corrected chi connectivity index (χ4v) is 1.33. The summed E-state index contributed by atoms with van der Waals surface area (Å²) in [5, 5.41) is 3.17. The van der Waals surface area contributed by atoms with E-state index in [1.54, 1.807) is 7.11 Å². The van der Waals surface area contributed by atoms with Gasteiger partial charge in [-0.1, -0.05) is 36.4 Å². The molecule has 1 N–H and O–H groups in total. The van der Waals surface area contributed by atoms with E-state index in [1.165, 1.54) is 11.1 Å². The van der Waals surface area contributed by atoms with Gasteiger partial charge in [0.2, 0.25) is 0 Å². The Morgan fingerprint density at radius 1 is 1.40 bits per heavy atom. The van der Waals surface area contributed by atoms with Crippen LogP contribution in [0.4, 0.5) is 0 Å². The van der Waals surface area contributed by atoms with Crippen molar-refractivity contribution >= 4 is 6.08 Å². The van der Waals surface area contributed by atoms with Gasteiger partial charge in [-0.05, 0) is 25.1 Å². The molecule has 0 aliphatic rings. The van der Waals surface area contributed by atoms with Crippen molar-refractivity contribution in [1.82, 2.24) is 5.32 Å². The molecule has 0 heterocycles. The highest BCUT2D eigenvalue weighted by atomic mass is 16.5. The topological polar surface area (TPSA) is 21.3 Å². The van der Waals surface area contributed by atoms with Crippen LogP contribution in [0.5, 0.6) is 0 Å². The first-order chi connectivity index (χ1) is 7.27. The number of hydrogen-bond acceptors (Lipinski definition) is 2. The Labute approximate surface area is 92.0 Å². The van der Waals surface area contributed by atoms with Gasteiger partial charge in [0.05, 0.1) is 6.61 Å². The maximum Gasteiger partial charge on any atom is 0.0718 e. The van der Waals surface area contributed by atoms with Crippen LogP contribution in [0.15, 0.2) is 30.3 Å². The molecule has 1 rings (SSSR count). The quantitative estimate of drug-likeness (QED) is 0.797. The van der Waals surface area contributed by atoms with Gasteiger partial charge in [-0.3, -0.25) is 0 Å². The maximum absolute atomic E-state index is 5.15. The van der Waals surface area contributed by atoms with Crippen LogP contribution < -0.4 is 5.32 Å². The van der Waals surface area contributed by atoms with Crippen LogP contribution in [0, 0.1) is 0 Å². The predicted octanol–water partition coefficient (Wildman–Crippen LogP) is 2.45. The molecule has 0 aromatic heterocycles. The lowest BCUT2D eigenvalue weighted by molar-refractivity contribution is 0.184. The minimum absolute atomic E-state index is 0.389. The smallest absolute Gasteiger partial charge is 0.0718 e. The Bertz CT molecular complexity index is 320. The standard InChI is InChI=1S/C13H19NO/c1-11(14-2)8-9-12-6-4-5-7-13(12)10-15-3/h4-9,11,14H,10H2,1-3H3/b9-8+. The summed E-state index contributed by atoms with van der Waals surface area (Å²) in [5.41, 5.74) is 2.45. The van der Waals surface area contributed by atoms with E-state index >= 15 is 0 Å². The predicted molar refractivity (Wildman–Crippen MR) is 64.7 cm³/mol. The van der Waals surface area contributed by atoms with Gasteiger partial charge in [-0.2, -0.15) is 0 Å². The third-order valence-electron chi connectivity index (χ3n) is 2.37. The Morgan fingerprint density at radius 2 is 2.13 bits per heavy atom. The summed E-state index contributed by atoms with van der Waals surface area (Å²) in [4.78, 5) is 0. The van der Waals surface area contributed by atoms with Gasteiger partial charge in [-0.15, -0.1) is 0 Å². The Hall–Kier alpha value is -1.12. The van der Waals surface area contributed by atoms with Crippen molar-refractivity contribution in [1.29, 1.82) is 0 Å². The zero-order chi connectivity index (χ0) is 11.1. The molecule has 2 nitrogen and oxygen atoms in total. The highest BCUT2D eigenvalue weighted by Crippen LogP contribution is 2.11. The maximum atomic E-state index is 5.15. The van der Waals surface area contributed by atoms with Gasteiger partial charge in [-0.25, -0.2) is 0 Å². The number of likely N-dealkylation sites (N-methyl/N-ethyl adjacent to an activating group) is 1. The van der Waals surface area contributed by atoms with Crippen LogP contribution in [0.3, 0.4) is 0 Å². The van der Waals surface area contributed by atoms with Crippen molar-refractivity contribution < 1.29 is 4.74 Å². The molecule has 2 heteroatoms. The zero-order valence-electron chi connectivity index (χ0n) is 9.66. The fourth-order valence-electron chi connectivity index (χ4n) is 1.33. The second kappa shape index (κ2) is 6.38. The number of benzene rings is 1. The first-order valence-electron chi connectivity index (χ1n) is 5.20. The van der Waals surface area contributed by atoms with Crippen LogP contribution in [0.1, 0.15) is 18.1 Å². The SMILES string of the molecule is CNC(C)/C=C/c1ccccc1COC. The number of rotatable bonds is 5. The average molecular weight is 205 g/mol. The van der Waals surface area contributed by atoms with Crippen LogP contribution in [-0.2, 0) is 11.3 Å². The molecule has 1 aromatic carbocycles. The highest BCUT2D eigenvalue weighted by molar-refractivity contribution is 5.54. The molecule has 0 amide bonds. The average Bonchev–Trinajstić information content (AvgIpc) is 2.28. The van der Waals surface area contributed by atoms with E-state index in [0.717, 1.165) is 0 Å². The zero-order valence-corrected chi connectivity index (χ0v) is 9.66. The second-order valence-electron chi connectivity index (χ2n) is 3.57. The van der Waals surface area contributed by atoms with Crippen LogP contribution in [0.25, 0.3) is 6.08 Å². The number of methoxy groups -OCH3 is 1. The van der Waals surface area contributed by atoms with E-state index in [0.29, 0.717) is 12.6 Å². The fraction of sp³-hybridized carbons (Fsp3) is 0.385. The second-order valence-corrected chi connectivity index (χ2v) is 3.57. The minimum atomic E-state index is 0.389. The van der Waals surface area contributed by atoms with E-state index in [1.807, 2.05) is 19.2 Å². The Morgan fingerprint density at radius 3 is 2.80 bits per heavy atom. The van der Waals surface area contributed by atoms with E-state index in [-0.39, 0.29) is 0 Å². The molecule has 82 valence electrons. The molecule has 1 unspecified atom stereocenters. The number of ether oxygens (including phenoxy) is 1. The number of nitrogens with one attached hydrogen (secondary N) is 1. The van der Waals surface area contributed by atoms with E-state index in [9.17, 15) is 0 Å². The summed E-state index contributed by atoms with van der Waals surface area (Å²) in [6.45, 7) is 2.78. The normalized spacial score (nSPS) is 13.3. The molecule has 1 atom stereocenters. The summed E-state index contributed by atoms with van der Waals surface area (Å²) in [5.74, 6) is 0. The first-order valence-corrected chi connectivity index (χ1v) is 5.20. The lowest BCUT2D eigenvalue weighted by Crippen LogP contribution is -2.17. The Balaban J connectivity index is 2.79. The Kier molecular flexibility index (Phi) is 5.08. The lowest BCUT2D eigenvalue weighted by atomic mass is 10.1. The molecule has 0 spiro atoms. The molecule has 0 saturated heterocycles. The molecule has 0 saturated carbocycles. The van der Waals surface area contributed by atoms with Crippen LogP contribution >= 0.6 is 0 Å². The highest BCUT2D eigenvalue weighted by Gasteiger charge is 1.97. The van der Waals surface area contributed by atoms with Crippen LogP contribution in [-0.4, -0.2) is 20.2 Å². The van der Waals surface area contributed by atoms with Gasteiger partial charge >= 0.3 is 0 Å². The van der Waals surface area contributed by atoms with Crippen molar-refractivity contribution in [3.05, 3.63) is 41.5 Å². The molecule has 0 bridgehead atoms. The van der Waals surface area contributed by atoms with Crippen molar-refractivity contribution in [3.8, 4) is 0 Å². The van der Waals surface area contributed by atoms with Gasteiger partial charge in [0.1, 0.15) is 0 Å². The summed E-state index contributed by atoms with van der Waals surface area (Å²) in [7, 11) is 3.67. The lowest BCUT2D eigenvalue weighted by Gasteiger charge is -2.06. The van der Waals surface area contributed by atoms with Gasteiger partial charge in [0, 0.05) is 13.2 Å². The van der Waals surface area contributed by atoms with E-state index < -0.39 is 0 Å². The third-order valence-corrected chi connectivity index (χ3v) is 2.37. The van der Waals surface area contributed by atoms with Crippen molar-refractivity contribution in [2.75, 3.05) is 14.2 Å². The van der Waals surface area contributed by atoms with E-state index in [4.69, 9.17) is 4.74 Å². The monoisotopic (exact) mass is 205 g/mol. The summed E-state index contributed by atoms with van der Waals surface area (Å²) >= 11 is 0. The van der Waals surface area contributed by atoms with Crippen molar-refractivity contribution in [2.24, 2.45) is 0 Å². The number of hydrogen-bond donors (Lipinski definition) is 1. The summed E-state index contributed by atoms with van der Waals surface area (Å²) in [6.07, 6.45) is 4.28. The van der Waals surface area contributed by atoms with E-state index in [2.05, 4.69) is 36.5 Å². The third kappa shape index (κ3) is 3.86. The summed E-state index contributed by atoms with van der Waals surface area (Å²) < 4.78 is 5.15. The molecule has 0 aliphatic carbocycles. The van der Waals surface area contributed by atoms with Crippen LogP contribution in [0.2, 0.25) is 0 Å². The molecule has 1 aromatic rings. The van der Waals surface area contributed by atoms with Crippen molar-refractivity contribution in [2.45, 2.75) is 19.6 Å². The van der Waals surface area contributed by atoms with Gasteiger partial charge in [0.15, 0.2) is 0 Å². The van der Waals surface area contributed by atoms with Crippen molar-refractivity contribution in [3.63, 3.8) is 0 Å². The van der Waals surface area contributed by atoms with Gasteiger partial charge < -0.3 is 10.1 Å². The molecule has 0 aliphatic heterocycles. The molecule has 0 radical (unpaired) electrons. The van der Waals surface area contributed by atoms with Gasteiger partial charge in [0.25, 0.3) is 0 Å². The first kappa shape index (κ1) is 12.0. The molecular formula is C13H19NO. The molecule has 0 fully saturated rings.